The predicted molar refractivity (Wildman–Crippen MR) is 136 cm³/mol. The van der Waals surface area contributed by atoms with Crippen LogP contribution in [0.15, 0.2) is 52.5 Å². The third kappa shape index (κ3) is 6.99. The van der Waals surface area contributed by atoms with Gasteiger partial charge in [-0.1, -0.05) is 34.1 Å². The first-order valence-corrected chi connectivity index (χ1v) is 12.2. The normalized spacial score (nSPS) is 13.7. The first-order chi connectivity index (χ1) is 17.0. The Morgan fingerprint density at radius 3 is 2.34 bits per heavy atom. The topological polar surface area (TPSA) is 92.1 Å². The van der Waals surface area contributed by atoms with Crippen LogP contribution in [0.2, 0.25) is 0 Å². The largest absolute Gasteiger partial charge is 0.490 e. The second kappa shape index (κ2) is 12.8. The first-order valence-electron chi connectivity index (χ1n) is 11.4. The van der Waals surface area contributed by atoms with Gasteiger partial charge in [0.2, 0.25) is 0 Å². The molecule has 0 bridgehead atoms. The fourth-order valence-electron chi connectivity index (χ4n) is 3.66. The molecule has 0 aromatic heterocycles. The summed E-state index contributed by atoms with van der Waals surface area (Å²) >= 11 is 3.47. The number of para-hydroxylation sites is 1. The molecule has 0 spiro atoms. The Kier molecular flexibility index (Phi) is 9.56. The van der Waals surface area contributed by atoms with Crippen LogP contribution in [0.25, 0.3) is 6.08 Å². The highest BCUT2D eigenvalue weighted by Crippen LogP contribution is 2.35. The number of rotatable bonds is 9. The van der Waals surface area contributed by atoms with Gasteiger partial charge in [0.1, 0.15) is 11.6 Å². The van der Waals surface area contributed by atoms with Crippen molar-refractivity contribution in [2.75, 3.05) is 50.9 Å². The van der Waals surface area contributed by atoms with E-state index >= 15 is 0 Å². The lowest BCUT2D eigenvalue weighted by Crippen LogP contribution is -2.49. The Morgan fingerprint density at radius 1 is 1.03 bits per heavy atom. The summed E-state index contributed by atoms with van der Waals surface area (Å²) in [6.07, 6.45) is 1.54. The van der Waals surface area contributed by atoms with Crippen LogP contribution in [-0.4, -0.2) is 62.8 Å². The number of esters is 1. The Bertz CT molecular complexity index is 1110. The molecule has 1 heterocycles. The summed E-state index contributed by atoms with van der Waals surface area (Å²) in [7, 11) is 0. The third-order valence-electron chi connectivity index (χ3n) is 5.35. The van der Waals surface area contributed by atoms with E-state index in [4.69, 9.17) is 14.2 Å². The third-order valence-corrected chi connectivity index (χ3v) is 6.04. The Labute approximate surface area is 213 Å². The summed E-state index contributed by atoms with van der Waals surface area (Å²) in [4.78, 5) is 28.7. The van der Waals surface area contributed by atoms with E-state index < -0.39 is 5.97 Å². The van der Waals surface area contributed by atoms with Crippen LogP contribution < -0.4 is 14.4 Å². The highest BCUT2D eigenvalue weighted by atomic mass is 79.9. The van der Waals surface area contributed by atoms with Crippen molar-refractivity contribution in [1.29, 1.82) is 5.26 Å². The van der Waals surface area contributed by atoms with Crippen molar-refractivity contribution in [1.82, 2.24) is 4.90 Å². The van der Waals surface area contributed by atoms with E-state index in [-0.39, 0.29) is 24.7 Å². The number of nitriles is 1. The lowest BCUT2D eigenvalue weighted by molar-refractivity contribution is -0.145. The number of piperazine rings is 1. The summed E-state index contributed by atoms with van der Waals surface area (Å²) in [6, 6.07) is 15.4. The molecule has 1 amide bonds. The molecule has 2 aromatic rings. The molecule has 0 unspecified atom stereocenters. The average molecular weight is 542 g/mol. The van der Waals surface area contributed by atoms with Crippen molar-refractivity contribution < 1.29 is 23.8 Å². The Balaban J connectivity index is 1.74. The highest BCUT2D eigenvalue weighted by molar-refractivity contribution is 9.10. The average Bonchev–Trinajstić information content (AvgIpc) is 2.88. The zero-order valence-corrected chi connectivity index (χ0v) is 21.4. The molecule has 2 aromatic carbocycles. The maximum atomic E-state index is 13.1. The molecule has 1 aliphatic rings. The van der Waals surface area contributed by atoms with E-state index in [0.29, 0.717) is 54.3 Å². The molecule has 0 N–H and O–H groups in total. The minimum atomic E-state index is -0.486. The van der Waals surface area contributed by atoms with Gasteiger partial charge in [0.15, 0.2) is 18.1 Å². The second-order valence-electron chi connectivity index (χ2n) is 7.63. The maximum Gasteiger partial charge on any atom is 0.344 e. The zero-order valence-electron chi connectivity index (χ0n) is 19.8. The van der Waals surface area contributed by atoms with E-state index in [9.17, 15) is 14.9 Å². The van der Waals surface area contributed by atoms with E-state index in [1.807, 2.05) is 43.3 Å². The standard InChI is InChI=1S/C26H28BrN3O5/c1-3-33-23-15-19(22(27)16-24(23)35-18-25(31)34-4-2)14-20(17-28)26(32)30-12-10-29(11-13-30)21-8-6-5-7-9-21/h5-9,14-16H,3-4,10-13,18H2,1-2H3/b20-14-. The minimum absolute atomic E-state index is 0.0292. The van der Waals surface area contributed by atoms with Crippen LogP contribution >= 0.6 is 15.9 Å². The van der Waals surface area contributed by atoms with Gasteiger partial charge in [0.25, 0.3) is 5.91 Å². The minimum Gasteiger partial charge on any atom is -0.490 e. The molecule has 1 fully saturated rings. The van der Waals surface area contributed by atoms with Gasteiger partial charge in [-0.25, -0.2) is 4.79 Å². The van der Waals surface area contributed by atoms with Crippen molar-refractivity contribution in [3.05, 3.63) is 58.1 Å². The molecule has 0 atom stereocenters. The van der Waals surface area contributed by atoms with Gasteiger partial charge in [-0.05, 0) is 49.8 Å². The molecule has 0 saturated carbocycles. The van der Waals surface area contributed by atoms with Crippen LogP contribution in [-0.2, 0) is 14.3 Å². The Morgan fingerprint density at radius 2 is 1.71 bits per heavy atom. The van der Waals surface area contributed by atoms with Gasteiger partial charge in [0.05, 0.1) is 13.2 Å². The lowest BCUT2D eigenvalue weighted by atomic mass is 10.1. The first kappa shape index (κ1) is 26.1. The number of hydrogen-bond donors (Lipinski definition) is 0. The highest BCUT2D eigenvalue weighted by Gasteiger charge is 2.24. The quantitative estimate of drug-likeness (QED) is 0.268. The second-order valence-corrected chi connectivity index (χ2v) is 8.49. The molecule has 0 radical (unpaired) electrons. The van der Waals surface area contributed by atoms with Crippen LogP contribution in [0.1, 0.15) is 19.4 Å². The molecule has 1 aliphatic heterocycles. The van der Waals surface area contributed by atoms with Crippen LogP contribution in [0, 0.1) is 11.3 Å². The maximum absolute atomic E-state index is 13.1. The summed E-state index contributed by atoms with van der Waals surface area (Å²) in [5.41, 5.74) is 1.74. The number of carbonyl (C=O) groups is 2. The number of anilines is 1. The fourth-order valence-corrected chi connectivity index (χ4v) is 4.09. The molecular weight excluding hydrogens is 514 g/mol. The molecule has 1 saturated heterocycles. The molecule has 0 aliphatic carbocycles. The molecule has 35 heavy (non-hydrogen) atoms. The number of hydrogen-bond acceptors (Lipinski definition) is 7. The van der Waals surface area contributed by atoms with Crippen LogP contribution in [0.3, 0.4) is 0 Å². The van der Waals surface area contributed by atoms with E-state index in [1.165, 1.54) is 6.08 Å². The summed E-state index contributed by atoms with van der Waals surface area (Å²) < 4.78 is 16.7. The van der Waals surface area contributed by atoms with Crippen molar-refractivity contribution >= 4 is 39.6 Å². The summed E-state index contributed by atoms with van der Waals surface area (Å²) in [5.74, 6) is -0.0502. The van der Waals surface area contributed by atoms with Gasteiger partial charge < -0.3 is 24.0 Å². The Hall–Kier alpha value is -3.51. The van der Waals surface area contributed by atoms with Gasteiger partial charge >= 0.3 is 5.97 Å². The molecular formula is C26H28BrN3O5. The smallest absolute Gasteiger partial charge is 0.344 e. The SMILES string of the molecule is CCOC(=O)COc1cc(Br)c(/C=C(/C#N)C(=O)N2CCN(c3ccccc3)CC2)cc1OCC. The van der Waals surface area contributed by atoms with Crippen molar-refractivity contribution in [3.63, 3.8) is 0 Å². The molecule has 9 heteroatoms. The van der Waals surface area contributed by atoms with Gasteiger partial charge in [-0.15, -0.1) is 0 Å². The van der Waals surface area contributed by atoms with Crippen LogP contribution in [0.4, 0.5) is 5.69 Å². The van der Waals surface area contributed by atoms with E-state index in [2.05, 4.69) is 20.8 Å². The molecule has 184 valence electrons. The fraction of sp³-hybridized carbons (Fsp3) is 0.346. The molecule has 3 rings (SSSR count). The van der Waals surface area contributed by atoms with Crippen molar-refractivity contribution in [2.24, 2.45) is 0 Å². The summed E-state index contributed by atoms with van der Waals surface area (Å²) in [5, 5.41) is 9.73. The number of carbonyl (C=O) groups excluding carboxylic acids is 2. The van der Waals surface area contributed by atoms with Crippen molar-refractivity contribution in [2.45, 2.75) is 13.8 Å². The molecule has 8 nitrogen and oxygen atoms in total. The zero-order chi connectivity index (χ0) is 25.2. The monoisotopic (exact) mass is 541 g/mol. The summed E-state index contributed by atoms with van der Waals surface area (Å²) in [6.45, 7) is 6.36. The number of ether oxygens (including phenoxy) is 3. The van der Waals surface area contributed by atoms with E-state index in [0.717, 1.165) is 5.69 Å². The van der Waals surface area contributed by atoms with Crippen LogP contribution in [0.5, 0.6) is 11.5 Å². The lowest BCUT2D eigenvalue weighted by Gasteiger charge is -2.36. The van der Waals surface area contributed by atoms with Gasteiger partial charge in [-0.2, -0.15) is 5.26 Å². The van der Waals surface area contributed by atoms with E-state index in [1.54, 1.807) is 24.0 Å². The number of amides is 1. The number of benzene rings is 2. The van der Waals surface area contributed by atoms with Crippen molar-refractivity contribution in [3.8, 4) is 17.6 Å². The van der Waals surface area contributed by atoms with Gasteiger partial charge in [-0.3, -0.25) is 4.79 Å². The predicted octanol–water partition coefficient (Wildman–Crippen LogP) is 4.05. The van der Waals surface area contributed by atoms with Gasteiger partial charge in [0, 0.05) is 36.3 Å². The number of nitrogens with zero attached hydrogens (tertiary/aromatic N) is 3. The number of halogens is 1.